The number of Topliss-reactive ketones (excluding diaryl/α,β-unsaturated/α-hetero) is 1. The van der Waals surface area contributed by atoms with Crippen LogP contribution in [0.15, 0.2) is 30.5 Å². The number of aliphatic hydroxyl groups is 5. The van der Waals surface area contributed by atoms with Crippen LogP contribution in [-0.2, 0) is 38.1 Å². The van der Waals surface area contributed by atoms with Crippen molar-refractivity contribution in [2.75, 3.05) is 33.3 Å². The van der Waals surface area contributed by atoms with Crippen molar-refractivity contribution < 1.29 is 68.0 Å². The van der Waals surface area contributed by atoms with Crippen molar-refractivity contribution in [2.45, 2.75) is 170 Å². The number of amides is 2. The van der Waals surface area contributed by atoms with Crippen molar-refractivity contribution in [3.63, 3.8) is 0 Å². The number of hydrogen-bond acceptors (Lipinski definition) is 16. The van der Waals surface area contributed by atoms with Gasteiger partial charge in [0.25, 0.3) is 5.91 Å². The van der Waals surface area contributed by atoms with E-state index in [-0.39, 0.29) is 36.9 Å². The summed E-state index contributed by atoms with van der Waals surface area (Å²) in [5.74, 6) is -1.82. The lowest BCUT2D eigenvalue weighted by atomic mass is 9.78. The van der Waals surface area contributed by atoms with Crippen LogP contribution in [0.5, 0.6) is 0 Å². The van der Waals surface area contributed by atoms with E-state index in [1.54, 1.807) is 24.2 Å². The number of aromatic nitrogens is 3. The molecule has 7 N–H and O–H groups in total. The Kier molecular flexibility index (Phi) is 17.1. The number of likely N-dealkylation sites (tertiary alicyclic amines) is 1. The fraction of sp³-hybridized carbons (Fsp3) is 0.756. The molecule has 3 saturated heterocycles. The smallest absolute Gasteiger partial charge is 0.251 e. The second kappa shape index (κ2) is 22.5. The molecular weight excluding hydrogens is 852 g/mol. The lowest BCUT2D eigenvalue weighted by Gasteiger charge is -2.49. The molecule has 5 aliphatic rings. The molecule has 2 aromatic rings. The molecule has 3 aliphatic heterocycles. The van der Waals surface area contributed by atoms with Gasteiger partial charge in [0.05, 0.1) is 31.1 Å². The summed E-state index contributed by atoms with van der Waals surface area (Å²) in [6.07, 6.45) is -7.62. The van der Waals surface area contributed by atoms with Gasteiger partial charge in [0.2, 0.25) is 5.91 Å². The molecule has 15 atom stereocenters. The number of hydrogen-bond donors (Lipinski definition) is 7. The van der Waals surface area contributed by atoms with Crippen molar-refractivity contribution in [3.05, 3.63) is 36.3 Å². The van der Waals surface area contributed by atoms with Crippen LogP contribution < -0.4 is 10.6 Å². The number of nitrogens with one attached hydrogen (secondary N) is 2. The number of ketones is 1. The van der Waals surface area contributed by atoms with Crippen molar-refractivity contribution in [1.82, 2.24) is 30.5 Å². The van der Waals surface area contributed by atoms with E-state index in [1.807, 2.05) is 0 Å². The summed E-state index contributed by atoms with van der Waals surface area (Å²) in [6.45, 7) is 3.82. The van der Waals surface area contributed by atoms with Crippen LogP contribution in [0.1, 0.15) is 90.5 Å². The predicted molar refractivity (Wildman–Crippen MR) is 228 cm³/mol. The summed E-state index contributed by atoms with van der Waals surface area (Å²) < 4.78 is 48.2. The molecule has 2 aliphatic carbocycles. The number of carbonyl (C=O) groups excluding carboxylic acids is 3. The van der Waals surface area contributed by atoms with Crippen molar-refractivity contribution >= 4 is 17.6 Å². The number of aliphatic hydroxyl groups excluding tert-OH is 5. The molecule has 2 saturated carbocycles. The van der Waals surface area contributed by atoms with Gasteiger partial charge in [-0.2, -0.15) is 0 Å². The van der Waals surface area contributed by atoms with Gasteiger partial charge in [-0.3, -0.25) is 14.4 Å². The minimum Gasteiger partial charge on any atom is -0.394 e. The Morgan fingerprint density at radius 2 is 1.72 bits per heavy atom. The second-order valence-corrected chi connectivity index (χ2v) is 18.4. The zero-order valence-corrected chi connectivity index (χ0v) is 37.4. The fourth-order valence-electron chi connectivity index (χ4n) is 9.94. The maximum atomic E-state index is 14.4. The van der Waals surface area contributed by atoms with E-state index in [4.69, 9.17) is 23.7 Å². The van der Waals surface area contributed by atoms with Crippen molar-refractivity contribution in [3.8, 4) is 11.3 Å². The lowest BCUT2D eigenvalue weighted by molar-refractivity contribution is -0.337. The molecule has 1 aromatic heterocycles. The minimum absolute atomic E-state index is 0.0107. The van der Waals surface area contributed by atoms with Crippen LogP contribution in [0.3, 0.4) is 0 Å². The predicted octanol–water partition coefficient (Wildman–Crippen LogP) is 0.741. The number of carbonyl (C=O) groups is 3. The van der Waals surface area contributed by atoms with Crippen LogP contribution in [0.2, 0.25) is 0 Å². The average Bonchev–Trinajstić information content (AvgIpc) is 3.77. The zero-order valence-electron chi connectivity index (χ0n) is 37.4. The number of rotatable bonds is 18. The van der Waals surface area contributed by atoms with Crippen LogP contribution >= 0.6 is 0 Å². The number of benzene rings is 1. The first kappa shape index (κ1) is 49.4. The van der Waals surface area contributed by atoms with Crippen LogP contribution in [0.25, 0.3) is 11.3 Å². The topological polar surface area (TPSA) is 257 Å². The first-order valence-electron chi connectivity index (χ1n) is 23.3. The van der Waals surface area contributed by atoms with Crippen molar-refractivity contribution in [1.29, 1.82) is 0 Å². The standard InChI is InChI=1S/C45H67FN6O13/c1-24-37(56)39(58)40(59)45(61-24)65-41-31(52-22-30(49-50-52)27-12-7-13-29(46)19-27)20-28(32(55)14-8-15-47-3)21-33(41)63-44-36(48-25(2)54)42(38(57)35(23-53)64-44)62-34(43(60)51-16-9-17-51)18-26-10-5-4-6-11-26/h7,12-13,19,22,24,26,28,31,33-42,44-45,47,53,56-59H,4-6,8-11,14-18,20-21,23H2,1-3H3,(H,48,54)/t24?,28?,31?,33-,34+,35+,36?,37-,38+,39+,40?,41-,42?,44-,45+/m1/s1. The molecule has 7 rings (SSSR count). The first-order valence-corrected chi connectivity index (χ1v) is 23.3. The summed E-state index contributed by atoms with van der Waals surface area (Å²) >= 11 is 0. The molecule has 362 valence electrons. The Labute approximate surface area is 378 Å². The molecule has 4 heterocycles. The number of halogens is 1. The molecule has 65 heavy (non-hydrogen) atoms. The quantitative estimate of drug-likeness (QED) is 0.102. The van der Waals surface area contributed by atoms with Gasteiger partial charge in [0, 0.05) is 37.9 Å². The van der Waals surface area contributed by atoms with Crippen molar-refractivity contribution in [2.24, 2.45) is 11.8 Å². The molecule has 1 aromatic carbocycles. The molecule has 0 bridgehead atoms. The maximum Gasteiger partial charge on any atom is 0.251 e. The van der Waals surface area contributed by atoms with Gasteiger partial charge >= 0.3 is 0 Å². The molecule has 5 fully saturated rings. The number of nitrogens with zero attached hydrogens (tertiary/aromatic N) is 4. The minimum atomic E-state index is -1.74. The van der Waals surface area contributed by atoms with E-state index in [0.29, 0.717) is 43.7 Å². The van der Waals surface area contributed by atoms with E-state index >= 15 is 0 Å². The highest BCUT2D eigenvalue weighted by molar-refractivity contribution is 5.82. The highest BCUT2D eigenvalue weighted by Crippen LogP contribution is 2.42. The van der Waals surface area contributed by atoms with Crippen LogP contribution in [0, 0.1) is 17.7 Å². The van der Waals surface area contributed by atoms with Gasteiger partial charge in [-0.1, -0.05) is 49.5 Å². The third kappa shape index (κ3) is 11.8. The fourth-order valence-corrected chi connectivity index (χ4v) is 9.94. The molecule has 0 radical (unpaired) electrons. The molecule has 6 unspecified atom stereocenters. The summed E-state index contributed by atoms with van der Waals surface area (Å²) in [7, 11) is 1.79. The molecular formula is C45H67FN6O13. The average molecular weight is 919 g/mol. The van der Waals surface area contributed by atoms with Gasteiger partial charge in [-0.05, 0) is 70.7 Å². The van der Waals surface area contributed by atoms with Gasteiger partial charge in [0.1, 0.15) is 72.2 Å². The highest BCUT2D eigenvalue weighted by Gasteiger charge is 2.54. The second-order valence-electron chi connectivity index (χ2n) is 18.4. The molecule has 20 heteroatoms. The van der Waals surface area contributed by atoms with Gasteiger partial charge in [0.15, 0.2) is 12.6 Å². The highest BCUT2D eigenvalue weighted by atomic mass is 19.1. The van der Waals surface area contributed by atoms with E-state index in [9.17, 15) is 44.3 Å². The monoisotopic (exact) mass is 918 g/mol. The van der Waals surface area contributed by atoms with E-state index in [1.165, 1.54) is 36.7 Å². The van der Waals surface area contributed by atoms with Gasteiger partial charge in [-0.25, -0.2) is 9.07 Å². The molecule has 19 nitrogen and oxygen atoms in total. The Morgan fingerprint density at radius 1 is 0.954 bits per heavy atom. The lowest BCUT2D eigenvalue weighted by Crippen LogP contribution is -2.67. The van der Waals surface area contributed by atoms with E-state index in [2.05, 4.69) is 20.9 Å². The Bertz CT molecular complexity index is 1890. The Balaban J connectivity index is 1.26. The van der Waals surface area contributed by atoms with Crippen LogP contribution in [-0.4, -0.2) is 176 Å². The summed E-state index contributed by atoms with van der Waals surface area (Å²) in [6, 6.07) is 3.62. The van der Waals surface area contributed by atoms with E-state index < -0.39 is 110 Å². The van der Waals surface area contributed by atoms with Gasteiger partial charge < -0.3 is 64.8 Å². The largest absolute Gasteiger partial charge is 0.394 e. The van der Waals surface area contributed by atoms with Gasteiger partial charge in [-0.15, -0.1) is 5.10 Å². The summed E-state index contributed by atoms with van der Waals surface area (Å²) in [4.78, 5) is 42.9. The Hall–Kier alpha value is -3.54. The summed E-state index contributed by atoms with van der Waals surface area (Å²) in [5.41, 5.74) is 0.734. The Morgan fingerprint density at radius 3 is 2.40 bits per heavy atom. The summed E-state index contributed by atoms with van der Waals surface area (Å²) in [5, 5.41) is 69.7. The molecule has 0 spiro atoms. The molecule has 2 amide bonds. The zero-order chi connectivity index (χ0) is 46.4. The van der Waals surface area contributed by atoms with E-state index in [0.717, 1.165) is 38.5 Å². The van der Waals surface area contributed by atoms with Crippen LogP contribution in [0.4, 0.5) is 4.39 Å². The number of ether oxygens (including phenoxy) is 5. The SMILES string of the molecule is CNCCCC(=O)C1CC(n2cc(-c3cccc(F)c3)nn2)[C@@H](O[C@@H]2OC(C)[C@@H](O)[C@H](O)C2O)[C@H](O[C@@H]2O[C@@H](CO)[C@H](O)C(O[C@@H](CC3CCCCC3)C(=O)N3CCC3)C2NC(C)=O)C1. The maximum absolute atomic E-state index is 14.4. The first-order chi connectivity index (χ1) is 31.3. The third-order valence-corrected chi connectivity index (χ3v) is 13.7. The normalized spacial score (nSPS) is 35.0. The third-order valence-electron chi connectivity index (χ3n) is 13.7.